The van der Waals surface area contributed by atoms with E-state index in [2.05, 4.69) is 20.6 Å². The van der Waals surface area contributed by atoms with Crippen LogP contribution in [0.15, 0.2) is 59.5 Å². The molecule has 12 nitrogen and oxygen atoms in total. The van der Waals surface area contributed by atoms with Crippen LogP contribution in [0.1, 0.15) is 77.3 Å². The van der Waals surface area contributed by atoms with E-state index >= 15 is 0 Å². The number of piperidine rings is 1. The second-order valence-corrected chi connectivity index (χ2v) is 13.4. The number of esters is 1. The first kappa shape index (κ1) is 33.8. The average molecular weight is 646 g/mol. The minimum Gasteiger partial charge on any atom is -0.458 e. The highest BCUT2D eigenvalue weighted by atomic mass is 16.6. The van der Waals surface area contributed by atoms with E-state index in [1.54, 1.807) is 30.2 Å². The summed E-state index contributed by atoms with van der Waals surface area (Å²) >= 11 is 0. The monoisotopic (exact) mass is 645 g/mol. The third-order valence-corrected chi connectivity index (χ3v) is 8.87. The van der Waals surface area contributed by atoms with Crippen molar-refractivity contribution in [1.82, 2.24) is 30.1 Å². The van der Waals surface area contributed by atoms with Gasteiger partial charge in [-0.05, 0) is 83.2 Å². The summed E-state index contributed by atoms with van der Waals surface area (Å²) in [5.41, 5.74) is 8.22. The van der Waals surface area contributed by atoms with Crippen LogP contribution in [-0.2, 0) is 14.3 Å². The zero-order valence-electron chi connectivity index (χ0n) is 27.7. The molecule has 12 heteroatoms. The zero-order valence-corrected chi connectivity index (χ0v) is 27.7. The van der Waals surface area contributed by atoms with Gasteiger partial charge >= 0.3 is 17.7 Å². The van der Waals surface area contributed by atoms with Crippen molar-refractivity contribution in [2.45, 2.75) is 89.4 Å². The quantitative estimate of drug-likeness (QED) is 0.121. The van der Waals surface area contributed by atoms with Crippen LogP contribution in [0.5, 0.6) is 0 Å². The molecule has 1 aliphatic rings. The number of unbranched alkanes of at least 4 members (excludes halogenated alkanes) is 1. The summed E-state index contributed by atoms with van der Waals surface area (Å²) < 4.78 is 7.42. The van der Waals surface area contributed by atoms with Gasteiger partial charge in [-0.2, -0.15) is 0 Å². The first-order valence-electron chi connectivity index (χ1n) is 16.5. The van der Waals surface area contributed by atoms with E-state index in [-0.39, 0.29) is 17.8 Å². The molecule has 2 aromatic carbocycles. The minimum absolute atomic E-state index is 0.0601. The van der Waals surface area contributed by atoms with E-state index in [0.29, 0.717) is 51.7 Å². The fourth-order valence-electron chi connectivity index (χ4n) is 6.43. The van der Waals surface area contributed by atoms with Gasteiger partial charge in [-0.15, -0.1) is 0 Å². The summed E-state index contributed by atoms with van der Waals surface area (Å²) in [5.74, 6) is -1.44. The van der Waals surface area contributed by atoms with Gasteiger partial charge in [0.25, 0.3) is 0 Å². The Morgan fingerprint density at radius 2 is 1.68 bits per heavy atom. The molecule has 4 aromatic rings. The van der Waals surface area contributed by atoms with Crippen LogP contribution in [0.3, 0.4) is 0 Å². The normalized spacial score (nSPS) is 16.1. The van der Waals surface area contributed by atoms with Crippen LogP contribution >= 0.6 is 0 Å². The van der Waals surface area contributed by atoms with Crippen molar-refractivity contribution < 1.29 is 19.1 Å². The van der Waals surface area contributed by atoms with E-state index in [4.69, 9.17) is 10.5 Å². The molecule has 0 spiro atoms. The largest absolute Gasteiger partial charge is 0.458 e. The molecule has 2 unspecified atom stereocenters. The number of rotatable bonds is 11. The highest BCUT2D eigenvalue weighted by Gasteiger charge is 2.35. The van der Waals surface area contributed by atoms with Gasteiger partial charge in [0.2, 0.25) is 5.91 Å². The number of para-hydroxylation sites is 3. The maximum absolute atomic E-state index is 14.1. The van der Waals surface area contributed by atoms with E-state index in [0.717, 1.165) is 27.5 Å². The molecule has 47 heavy (non-hydrogen) atoms. The summed E-state index contributed by atoms with van der Waals surface area (Å²) in [7, 11) is 0. The Kier molecular flexibility index (Phi) is 10.4. The van der Waals surface area contributed by atoms with Crippen molar-refractivity contribution in [3.05, 3.63) is 70.8 Å². The average Bonchev–Trinajstić information content (AvgIpc) is 3.62. The third kappa shape index (κ3) is 7.87. The number of nitrogens with two attached hydrogens (primary N) is 1. The number of H-pyrrole nitrogens is 2. The Morgan fingerprint density at radius 3 is 2.38 bits per heavy atom. The van der Waals surface area contributed by atoms with Crippen LogP contribution < -0.4 is 22.1 Å². The molecule has 0 saturated carbocycles. The molecule has 3 heterocycles. The second-order valence-electron chi connectivity index (χ2n) is 13.4. The van der Waals surface area contributed by atoms with Gasteiger partial charge in [0.15, 0.2) is 0 Å². The first-order valence-corrected chi connectivity index (χ1v) is 16.5. The number of imidazole rings is 1. The lowest BCUT2D eigenvalue weighted by molar-refractivity contribution is -0.159. The lowest BCUT2D eigenvalue weighted by Crippen LogP contribution is -2.57. The molecule has 0 bridgehead atoms. The fraction of sp³-hybridized carbons (Fsp3) is 0.486. The molecule has 2 aromatic heterocycles. The smallest absolute Gasteiger partial charge is 0.329 e. The van der Waals surface area contributed by atoms with E-state index in [1.165, 1.54) is 0 Å². The SMILES string of the molecule is C[C@@H](c1c[nH]c2ccccc12)C(NC(=O)N1CCC(n2c(=O)[nH]c3ccccc32)CC1)C(=O)NC(CCCCN)C(=O)OC(C)(C)C. The Bertz CT molecular complexity index is 1760. The summed E-state index contributed by atoms with van der Waals surface area (Å²) in [6, 6.07) is 13.1. The molecule has 1 saturated heterocycles. The molecule has 5 rings (SSSR count). The molecule has 1 fully saturated rings. The van der Waals surface area contributed by atoms with Gasteiger partial charge in [0.1, 0.15) is 17.7 Å². The van der Waals surface area contributed by atoms with Gasteiger partial charge in [0.05, 0.1) is 11.0 Å². The van der Waals surface area contributed by atoms with Crippen molar-refractivity contribution in [2.24, 2.45) is 5.73 Å². The molecular formula is C35H47N7O5. The Hall–Kier alpha value is -4.58. The highest BCUT2D eigenvalue weighted by Crippen LogP contribution is 2.29. The van der Waals surface area contributed by atoms with Crippen LogP contribution in [0.2, 0.25) is 0 Å². The Morgan fingerprint density at radius 1 is 1.00 bits per heavy atom. The Labute approximate surface area is 274 Å². The van der Waals surface area contributed by atoms with Gasteiger partial charge < -0.3 is 36.0 Å². The molecule has 0 radical (unpaired) electrons. The number of hydrogen-bond donors (Lipinski definition) is 5. The second kappa shape index (κ2) is 14.5. The number of ether oxygens (including phenoxy) is 1. The predicted molar refractivity (Wildman–Crippen MR) is 182 cm³/mol. The molecule has 252 valence electrons. The lowest BCUT2D eigenvalue weighted by Gasteiger charge is -2.34. The van der Waals surface area contributed by atoms with Crippen LogP contribution in [0.4, 0.5) is 4.79 Å². The van der Waals surface area contributed by atoms with Gasteiger partial charge in [-0.1, -0.05) is 37.3 Å². The fourth-order valence-corrected chi connectivity index (χ4v) is 6.43. The Balaban J connectivity index is 1.35. The molecule has 6 N–H and O–H groups in total. The standard InChI is InChI=1S/C35H47N7O5/c1-22(25-21-37-26-12-6-5-11-24(25)26)30(31(43)38-28(14-9-10-18-36)32(44)47-35(2,3)4)40-33(45)41-19-16-23(17-20-41)42-29-15-8-7-13-27(29)39-34(42)46/h5-8,11-13,15,21-23,28,30,37H,9-10,14,16-20,36H2,1-4H3,(H,38,43)(H,39,46)(H,40,45)/t22-,28?,30?/m0/s1. The molecule has 3 atom stereocenters. The maximum Gasteiger partial charge on any atom is 0.329 e. The third-order valence-electron chi connectivity index (χ3n) is 8.87. The van der Waals surface area contributed by atoms with Crippen LogP contribution in [0.25, 0.3) is 21.9 Å². The molecule has 0 aliphatic carbocycles. The van der Waals surface area contributed by atoms with Gasteiger partial charge in [-0.25, -0.2) is 14.4 Å². The van der Waals surface area contributed by atoms with E-state index in [1.807, 2.05) is 61.7 Å². The van der Waals surface area contributed by atoms with Crippen molar-refractivity contribution in [2.75, 3.05) is 19.6 Å². The summed E-state index contributed by atoms with van der Waals surface area (Å²) in [5, 5.41) is 6.86. The topological polar surface area (TPSA) is 167 Å². The molecule has 1 aliphatic heterocycles. The van der Waals surface area contributed by atoms with Crippen LogP contribution in [0, 0.1) is 0 Å². The van der Waals surface area contributed by atoms with Crippen LogP contribution in [-0.4, -0.2) is 74.7 Å². The van der Waals surface area contributed by atoms with Gasteiger partial charge in [-0.3, -0.25) is 9.36 Å². The summed E-state index contributed by atoms with van der Waals surface area (Å²) in [6.07, 6.45) is 4.73. The first-order chi connectivity index (χ1) is 22.5. The number of hydrogen-bond acceptors (Lipinski definition) is 6. The summed E-state index contributed by atoms with van der Waals surface area (Å²) in [4.78, 5) is 61.7. The number of aromatic nitrogens is 3. The predicted octanol–water partition coefficient (Wildman–Crippen LogP) is 4.29. The number of urea groups is 1. The number of fused-ring (bicyclic) bond motifs is 2. The van der Waals surface area contributed by atoms with Crippen molar-refractivity contribution in [1.29, 1.82) is 0 Å². The number of amides is 3. The summed E-state index contributed by atoms with van der Waals surface area (Å²) in [6.45, 7) is 8.54. The number of aromatic amines is 2. The number of likely N-dealkylation sites (tertiary alicyclic amines) is 1. The zero-order chi connectivity index (χ0) is 33.7. The molecular weight excluding hydrogens is 598 g/mol. The number of benzene rings is 2. The lowest BCUT2D eigenvalue weighted by atomic mass is 9.91. The number of nitrogens with one attached hydrogen (secondary N) is 4. The number of carbonyl (C=O) groups excluding carboxylic acids is 3. The molecule has 3 amide bonds. The van der Waals surface area contributed by atoms with E-state index in [9.17, 15) is 19.2 Å². The number of carbonyl (C=O) groups is 3. The van der Waals surface area contributed by atoms with Gasteiger partial charge in [0, 0.05) is 42.1 Å². The number of nitrogens with zero attached hydrogens (tertiary/aromatic N) is 2. The van der Waals surface area contributed by atoms with Crippen molar-refractivity contribution in [3.63, 3.8) is 0 Å². The van der Waals surface area contributed by atoms with E-state index < -0.39 is 35.5 Å². The van der Waals surface area contributed by atoms with Crippen molar-refractivity contribution in [3.8, 4) is 0 Å². The maximum atomic E-state index is 14.1. The highest BCUT2D eigenvalue weighted by molar-refractivity contribution is 5.92. The van der Waals surface area contributed by atoms with Crippen molar-refractivity contribution >= 4 is 39.8 Å². The minimum atomic E-state index is -0.991.